The van der Waals surface area contributed by atoms with Gasteiger partial charge in [0.05, 0.1) is 24.2 Å². The van der Waals surface area contributed by atoms with E-state index < -0.39 is 30.1 Å². The van der Waals surface area contributed by atoms with Crippen LogP contribution < -0.4 is 20.1 Å². The lowest BCUT2D eigenvalue weighted by molar-refractivity contribution is -0.118. The maximum absolute atomic E-state index is 13.2. The lowest BCUT2D eigenvalue weighted by Gasteiger charge is -2.25. The maximum Gasteiger partial charge on any atom is 0.268 e. The molecule has 0 spiro atoms. The fourth-order valence-corrected chi connectivity index (χ4v) is 4.02. The molecule has 5 N–H and O–H groups in total. The minimum Gasteiger partial charge on any atom is -0.454 e. The second-order valence-corrected chi connectivity index (χ2v) is 8.92. The number of amides is 2. The standard InChI is InChI=1S/C24H25N3O6/c1-23(11-28,12-29)27-21(30)18-9-14-8-16(3-4-17(14)26-18)25-22(31)24(6-7-24)15-2-5-19-20(10-15)33-13-32-19/h2-5,8-10,26,28-29H,6-7,11-13H2,1H3,(H,25,31)(H,27,30). The van der Waals surface area contributed by atoms with Crippen LogP contribution in [0.25, 0.3) is 10.9 Å². The van der Waals surface area contributed by atoms with Gasteiger partial charge in [0.1, 0.15) is 5.69 Å². The Morgan fingerprint density at radius 1 is 1.06 bits per heavy atom. The monoisotopic (exact) mass is 451 g/mol. The fourth-order valence-electron chi connectivity index (χ4n) is 4.02. The lowest BCUT2D eigenvalue weighted by Crippen LogP contribution is -2.51. The van der Waals surface area contributed by atoms with Crippen molar-refractivity contribution in [3.63, 3.8) is 0 Å². The number of hydrogen-bond donors (Lipinski definition) is 5. The molecule has 3 aromatic rings. The number of anilines is 1. The summed E-state index contributed by atoms with van der Waals surface area (Å²) >= 11 is 0. The highest BCUT2D eigenvalue weighted by Gasteiger charge is 2.51. The first-order valence-electron chi connectivity index (χ1n) is 10.7. The van der Waals surface area contributed by atoms with E-state index in [4.69, 9.17) is 9.47 Å². The van der Waals surface area contributed by atoms with Crippen molar-refractivity contribution in [2.75, 3.05) is 25.3 Å². The second-order valence-electron chi connectivity index (χ2n) is 8.92. The smallest absolute Gasteiger partial charge is 0.268 e. The second kappa shape index (κ2) is 7.79. The Morgan fingerprint density at radius 3 is 2.55 bits per heavy atom. The molecule has 0 saturated heterocycles. The van der Waals surface area contributed by atoms with Crippen LogP contribution in [-0.4, -0.2) is 52.6 Å². The number of aliphatic hydroxyl groups is 2. The zero-order chi connectivity index (χ0) is 23.2. The largest absolute Gasteiger partial charge is 0.454 e. The first-order chi connectivity index (χ1) is 15.9. The number of fused-ring (bicyclic) bond motifs is 2. The molecule has 0 radical (unpaired) electrons. The van der Waals surface area contributed by atoms with E-state index in [2.05, 4.69) is 15.6 Å². The van der Waals surface area contributed by atoms with E-state index in [1.807, 2.05) is 18.2 Å². The van der Waals surface area contributed by atoms with E-state index in [9.17, 15) is 19.8 Å². The van der Waals surface area contributed by atoms with Crippen LogP contribution in [0.5, 0.6) is 11.5 Å². The lowest BCUT2D eigenvalue weighted by atomic mass is 9.94. The van der Waals surface area contributed by atoms with Crippen LogP contribution in [0.4, 0.5) is 5.69 Å². The van der Waals surface area contributed by atoms with Gasteiger partial charge in [-0.3, -0.25) is 9.59 Å². The first kappa shape index (κ1) is 21.3. The van der Waals surface area contributed by atoms with Gasteiger partial charge in [0, 0.05) is 16.6 Å². The normalized spacial score (nSPS) is 16.0. The minimum absolute atomic E-state index is 0.0872. The van der Waals surface area contributed by atoms with Crippen molar-refractivity contribution < 1.29 is 29.3 Å². The molecular formula is C24H25N3O6. The van der Waals surface area contributed by atoms with Crippen LogP contribution in [0.3, 0.4) is 0 Å². The number of aromatic amines is 1. The Kier molecular flexibility index (Phi) is 5.02. The number of aromatic nitrogens is 1. The predicted octanol–water partition coefficient (Wildman–Crippen LogP) is 2.04. The van der Waals surface area contributed by atoms with Crippen molar-refractivity contribution in [1.29, 1.82) is 0 Å². The number of rotatable bonds is 7. The summed E-state index contributed by atoms with van der Waals surface area (Å²) in [5, 5.41) is 25.2. The molecule has 2 aliphatic rings. The van der Waals surface area contributed by atoms with Gasteiger partial charge in [0.15, 0.2) is 11.5 Å². The Bertz CT molecular complexity index is 1240. The molecule has 9 nitrogen and oxygen atoms in total. The molecule has 2 aromatic carbocycles. The summed E-state index contributed by atoms with van der Waals surface area (Å²) in [6.45, 7) is 0.955. The van der Waals surface area contributed by atoms with Gasteiger partial charge in [-0.05, 0) is 61.7 Å². The molecule has 2 heterocycles. The number of H-pyrrole nitrogens is 1. The number of benzene rings is 2. The molecule has 5 rings (SSSR count). The number of carbonyl (C=O) groups is 2. The van der Waals surface area contributed by atoms with Crippen LogP contribution in [-0.2, 0) is 10.2 Å². The predicted molar refractivity (Wildman–Crippen MR) is 120 cm³/mol. The number of ether oxygens (including phenoxy) is 2. The van der Waals surface area contributed by atoms with Gasteiger partial charge >= 0.3 is 0 Å². The van der Waals surface area contributed by atoms with E-state index in [0.717, 1.165) is 29.3 Å². The Balaban J connectivity index is 1.33. The van der Waals surface area contributed by atoms with Crippen molar-refractivity contribution in [3.8, 4) is 11.5 Å². The minimum atomic E-state index is -1.12. The van der Waals surface area contributed by atoms with Crippen molar-refractivity contribution in [3.05, 3.63) is 53.7 Å². The Labute approximate surface area is 189 Å². The summed E-state index contributed by atoms with van der Waals surface area (Å²) in [4.78, 5) is 28.7. The van der Waals surface area contributed by atoms with E-state index in [-0.39, 0.29) is 12.7 Å². The molecule has 9 heteroatoms. The van der Waals surface area contributed by atoms with Gasteiger partial charge in [-0.15, -0.1) is 0 Å². The van der Waals surface area contributed by atoms with Crippen molar-refractivity contribution >= 4 is 28.4 Å². The SMILES string of the molecule is CC(CO)(CO)NC(=O)c1cc2cc(NC(=O)C3(c4ccc5c(c4)OCO5)CC3)ccc2[nH]1. The van der Waals surface area contributed by atoms with Crippen LogP contribution in [0.15, 0.2) is 42.5 Å². The van der Waals surface area contributed by atoms with E-state index in [0.29, 0.717) is 22.9 Å². The molecular weight excluding hydrogens is 426 g/mol. The Hall–Kier alpha value is -3.56. The van der Waals surface area contributed by atoms with Gasteiger partial charge in [0.25, 0.3) is 5.91 Å². The van der Waals surface area contributed by atoms with Crippen molar-refractivity contribution in [2.24, 2.45) is 0 Å². The number of nitrogens with one attached hydrogen (secondary N) is 3. The van der Waals surface area contributed by atoms with E-state index in [1.54, 1.807) is 31.2 Å². The molecule has 0 unspecified atom stereocenters. The van der Waals surface area contributed by atoms with Crippen LogP contribution >= 0.6 is 0 Å². The summed E-state index contributed by atoms with van der Waals surface area (Å²) in [6, 6.07) is 12.7. The Morgan fingerprint density at radius 2 is 1.82 bits per heavy atom. The molecule has 1 aliphatic heterocycles. The molecule has 0 bridgehead atoms. The highest BCUT2D eigenvalue weighted by molar-refractivity contribution is 6.03. The molecule has 2 amide bonds. The fraction of sp³-hybridized carbons (Fsp3) is 0.333. The third kappa shape index (κ3) is 3.79. The summed E-state index contributed by atoms with van der Waals surface area (Å²) in [7, 11) is 0. The zero-order valence-corrected chi connectivity index (χ0v) is 18.1. The third-order valence-corrected chi connectivity index (χ3v) is 6.35. The van der Waals surface area contributed by atoms with Crippen LogP contribution in [0.2, 0.25) is 0 Å². The van der Waals surface area contributed by atoms with Crippen LogP contribution in [0.1, 0.15) is 35.8 Å². The molecule has 33 heavy (non-hydrogen) atoms. The molecule has 1 aromatic heterocycles. The van der Waals surface area contributed by atoms with Crippen LogP contribution in [0, 0.1) is 0 Å². The van der Waals surface area contributed by atoms with Gasteiger partial charge in [0.2, 0.25) is 12.7 Å². The van der Waals surface area contributed by atoms with Gasteiger partial charge in [-0.1, -0.05) is 6.07 Å². The zero-order valence-electron chi connectivity index (χ0n) is 18.1. The van der Waals surface area contributed by atoms with Gasteiger partial charge < -0.3 is 35.3 Å². The van der Waals surface area contributed by atoms with Gasteiger partial charge in [-0.25, -0.2) is 0 Å². The number of aliphatic hydroxyl groups excluding tert-OH is 2. The molecule has 1 fully saturated rings. The number of hydrogen-bond acceptors (Lipinski definition) is 6. The molecule has 0 atom stereocenters. The quantitative estimate of drug-likeness (QED) is 0.373. The van der Waals surface area contributed by atoms with Crippen molar-refractivity contribution in [1.82, 2.24) is 10.3 Å². The number of carbonyl (C=O) groups excluding carboxylic acids is 2. The molecule has 172 valence electrons. The highest BCUT2D eigenvalue weighted by Crippen LogP contribution is 2.51. The summed E-state index contributed by atoms with van der Waals surface area (Å²) in [5.41, 5.74) is 0.840. The van der Waals surface area contributed by atoms with E-state index in [1.165, 1.54) is 0 Å². The summed E-state index contributed by atoms with van der Waals surface area (Å²) in [6.07, 6.45) is 1.51. The summed E-state index contributed by atoms with van der Waals surface area (Å²) in [5.74, 6) is 0.814. The van der Waals surface area contributed by atoms with Crippen molar-refractivity contribution in [2.45, 2.75) is 30.7 Å². The maximum atomic E-state index is 13.2. The topological polar surface area (TPSA) is 133 Å². The van der Waals surface area contributed by atoms with Gasteiger partial charge in [-0.2, -0.15) is 0 Å². The molecule has 1 aliphatic carbocycles. The first-order valence-corrected chi connectivity index (χ1v) is 10.7. The average Bonchev–Trinajstić information content (AvgIpc) is 3.31. The average molecular weight is 451 g/mol. The third-order valence-electron chi connectivity index (χ3n) is 6.35. The van der Waals surface area contributed by atoms with E-state index >= 15 is 0 Å². The molecule has 1 saturated carbocycles. The highest BCUT2D eigenvalue weighted by atomic mass is 16.7. The summed E-state index contributed by atoms with van der Waals surface area (Å²) < 4.78 is 10.8.